The zero-order chi connectivity index (χ0) is 32.1. The average molecular weight is 638 g/mol. The molecule has 232 valence electrons. The van der Waals surface area contributed by atoms with Crippen molar-refractivity contribution in [1.82, 2.24) is 29.6 Å². The molecule has 1 atom stereocenters. The first-order valence-corrected chi connectivity index (χ1v) is 14.0. The second-order valence-electron chi connectivity index (χ2n) is 10.1. The van der Waals surface area contributed by atoms with Crippen molar-refractivity contribution in [2.75, 3.05) is 11.9 Å². The quantitative estimate of drug-likeness (QED) is 0.210. The molecule has 0 bridgehead atoms. The third-order valence-corrected chi connectivity index (χ3v) is 7.23. The molecule has 3 aromatic heterocycles. The largest absolute Gasteiger partial charge is 0.468 e. The lowest BCUT2D eigenvalue weighted by Crippen LogP contribution is -2.45. The van der Waals surface area contributed by atoms with Gasteiger partial charge in [0.1, 0.15) is 11.7 Å². The van der Waals surface area contributed by atoms with E-state index in [1.54, 1.807) is 56.0 Å². The molecule has 45 heavy (non-hydrogen) atoms. The van der Waals surface area contributed by atoms with Gasteiger partial charge in [-0.3, -0.25) is 14.3 Å². The summed E-state index contributed by atoms with van der Waals surface area (Å²) in [7, 11) is 3.48. The van der Waals surface area contributed by atoms with Crippen LogP contribution in [0.1, 0.15) is 16.1 Å². The third kappa shape index (κ3) is 7.87. The first kappa shape index (κ1) is 31.3. The number of pyridine rings is 1. The van der Waals surface area contributed by atoms with Crippen LogP contribution in [0.2, 0.25) is 5.02 Å². The summed E-state index contributed by atoms with van der Waals surface area (Å²) >= 11 is 6.54. The zero-order valence-electron chi connectivity index (χ0n) is 24.0. The number of aryl methyl sites for hydroxylation is 2. The van der Waals surface area contributed by atoms with Gasteiger partial charge in [0.05, 0.1) is 18.2 Å². The fourth-order valence-corrected chi connectivity index (χ4v) is 4.78. The molecular formula is C31H27ClF3N7O3. The summed E-state index contributed by atoms with van der Waals surface area (Å²) in [5.74, 6) is -1.21. The molecule has 1 unspecified atom stereocenters. The third-order valence-electron chi connectivity index (χ3n) is 6.86. The molecule has 0 radical (unpaired) electrons. The molecule has 0 aliphatic carbocycles. The summed E-state index contributed by atoms with van der Waals surface area (Å²) in [4.78, 5) is 34.7. The molecular weight excluding hydrogens is 611 g/mol. The molecule has 2 N–H and O–H groups in total. The van der Waals surface area contributed by atoms with E-state index in [4.69, 9.17) is 16.3 Å². The Morgan fingerprint density at radius 2 is 1.71 bits per heavy atom. The van der Waals surface area contributed by atoms with Crippen molar-refractivity contribution >= 4 is 29.1 Å². The Balaban J connectivity index is 1.39. The van der Waals surface area contributed by atoms with E-state index in [2.05, 4.69) is 25.7 Å². The van der Waals surface area contributed by atoms with E-state index < -0.39 is 30.6 Å². The number of rotatable bonds is 10. The molecule has 0 saturated carbocycles. The Bertz CT molecular complexity index is 1820. The Labute approximate surface area is 260 Å². The van der Waals surface area contributed by atoms with Gasteiger partial charge < -0.3 is 19.9 Å². The second kappa shape index (κ2) is 13.2. The van der Waals surface area contributed by atoms with Gasteiger partial charge in [0, 0.05) is 49.7 Å². The molecule has 0 spiro atoms. The number of nitrogens with zero attached hydrogens (tertiary/aromatic N) is 5. The van der Waals surface area contributed by atoms with E-state index in [1.165, 1.54) is 29.2 Å². The first-order chi connectivity index (χ1) is 21.5. The summed E-state index contributed by atoms with van der Waals surface area (Å²) in [5.41, 5.74) is 4.19. The standard InChI is InChI=1S/C31H27ClF3N7O3/c1-41-18-36-16-27(41)19-3-6-23(7-4-19)39-29(43)25(40-30(44)26-10-12-38-42(26)2)14-22-13-20(5-8-24(22)32)21-9-11-37-28(15-21)45-17-31(33,34)35/h3-13,15-16,18,25H,14,17H2,1-2H3,(H,39,43)(H,40,44). The smallest absolute Gasteiger partial charge is 0.422 e. The predicted octanol–water partition coefficient (Wildman–Crippen LogP) is 5.46. The van der Waals surface area contributed by atoms with Crippen LogP contribution >= 0.6 is 11.6 Å². The predicted molar refractivity (Wildman–Crippen MR) is 162 cm³/mol. The Kier molecular flexibility index (Phi) is 9.18. The fourth-order valence-electron chi connectivity index (χ4n) is 4.58. The number of halogens is 4. The molecule has 10 nitrogen and oxygen atoms in total. The van der Waals surface area contributed by atoms with E-state index >= 15 is 0 Å². The topological polar surface area (TPSA) is 116 Å². The lowest BCUT2D eigenvalue weighted by Gasteiger charge is -2.20. The highest BCUT2D eigenvalue weighted by molar-refractivity contribution is 6.31. The van der Waals surface area contributed by atoms with Gasteiger partial charge in [-0.25, -0.2) is 9.97 Å². The summed E-state index contributed by atoms with van der Waals surface area (Å²) in [6, 6.07) is 15.6. The van der Waals surface area contributed by atoms with E-state index in [0.717, 1.165) is 11.3 Å². The highest BCUT2D eigenvalue weighted by atomic mass is 35.5. The molecule has 0 fully saturated rings. The number of hydrogen-bond acceptors (Lipinski definition) is 6. The van der Waals surface area contributed by atoms with Crippen molar-refractivity contribution in [3.63, 3.8) is 0 Å². The fraction of sp³-hybridized carbons (Fsp3) is 0.194. The van der Waals surface area contributed by atoms with Crippen LogP contribution in [0.4, 0.5) is 18.9 Å². The van der Waals surface area contributed by atoms with E-state index in [9.17, 15) is 22.8 Å². The number of hydrogen-bond donors (Lipinski definition) is 2. The Hall–Kier alpha value is -5.17. The number of imidazole rings is 1. The van der Waals surface area contributed by atoms with Crippen LogP contribution in [0.3, 0.4) is 0 Å². The Morgan fingerprint density at radius 3 is 2.38 bits per heavy atom. The number of alkyl halides is 3. The number of amides is 2. The number of aromatic nitrogens is 5. The zero-order valence-corrected chi connectivity index (χ0v) is 24.8. The molecule has 5 aromatic rings. The van der Waals surface area contributed by atoms with Crippen LogP contribution in [0.15, 0.2) is 85.6 Å². The maximum absolute atomic E-state index is 13.6. The summed E-state index contributed by atoms with van der Waals surface area (Å²) in [5, 5.41) is 9.98. The van der Waals surface area contributed by atoms with Crippen LogP contribution in [0, 0.1) is 0 Å². The van der Waals surface area contributed by atoms with E-state index in [0.29, 0.717) is 27.4 Å². The van der Waals surface area contributed by atoms with Crippen LogP contribution < -0.4 is 15.4 Å². The van der Waals surface area contributed by atoms with Crippen molar-refractivity contribution < 1.29 is 27.5 Å². The minimum Gasteiger partial charge on any atom is -0.468 e. The van der Waals surface area contributed by atoms with Gasteiger partial charge in [-0.15, -0.1) is 0 Å². The van der Waals surface area contributed by atoms with Gasteiger partial charge in [0.2, 0.25) is 11.8 Å². The van der Waals surface area contributed by atoms with Crippen molar-refractivity contribution in [3.8, 4) is 28.3 Å². The number of nitrogens with one attached hydrogen (secondary N) is 2. The van der Waals surface area contributed by atoms with Gasteiger partial charge in [-0.05, 0) is 58.7 Å². The number of carbonyl (C=O) groups is 2. The normalized spacial score (nSPS) is 12.0. The van der Waals surface area contributed by atoms with Crippen LogP contribution in [0.5, 0.6) is 5.88 Å². The summed E-state index contributed by atoms with van der Waals surface area (Å²) < 4.78 is 46.0. The number of carbonyl (C=O) groups excluding carboxylic acids is 2. The van der Waals surface area contributed by atoms with Crippen molar-refractivity contribution in [2.45, 2.75) is 18.6 Å². The monoisotopic (exact) mass is 637 g/mol. The number of anilines is 1. The van der Waals surface area contributed by atoms with Crippen LogP contribution in [0.25, 0.3) is 22.4 Å². The molecule has 2 amide bonds. The van der Waals surface area contributed by atoms with E-state index in [1.807, 2.05) is 23.7 Å². The molecule has 3 heterocycles. The maximum Gasteiger partial charge on any atom is 0.422 e. The molecule has 0 saturated heterocycles. The van der Waals surface area contributed by atoms with E-state index in [-0.39, 0.29) is 18.0 Å². The van der Waals surface area contributed by atoms with Gasteiger partial charge >= 0.3 is 6.18 Å². The van der Waals surface area contributed by atoms with Crippen molar-refractivity contribution in [1.29, 1.82) is 0 Å². The van der Waals surface area contributed by atoms with Crippen molar-refractivity contribution in [2.24, 2.45) is 14.1 Å². The average Bonchev–Trinajstić information content (AvgIpc) is 3.64. The molecule has 0 aliphatic heterocycles. The minimum atomic E-state index is -4.51. The molecule has 0 aliphatic rings. The highest BCUT2D eigenvalue weighted by Crippen LogP contribution is 2.29. The summed E-state index contributed by atoms with van der Waals surface area (Å²) in [6.07, 6.45) is 1.71. The second-order valence-corrected chi connectivity index (χ2v) is 10.5. The van der Waals surface area contributed by atoms with Crippen molar-refractivity contribution in [3.05, 3.63) is 102 Å². The first-order valence-electron chi connectivity index (χ1n) is 13.6. The minimum absolute atomic E-state index is 0.00227. The molecule has 2 aromatic carbocycles. The van der Waals surface area contributed by atoms with Gasteiger partial charge in [-0.1, -0.05) is 29.8 Å². The maximum atomic E-state index is 13.6. The SMILES string of the molecule is Cn1cncc1-c1ccc(NC(=O)C(Cc2cc(-c3ccnc(OCC(F)(F)F)c3)ccc2Cl)NC(=O)c2ccnn2C)cc1. The van der Waals surface area contributed by atoms with Gasteiger partial charge in [0.25, 0.3) is 5.91 Å². The number of benzene rings is 2. The van der Waals surface area contributed by atoms with Gasteiger partial charge in [0.15, 0.2) is 6.61 Å². The lowest BCUT2D eigenvalue weighted by atomic mass is 9.99. The van der Waals surface area contributed by atoms with Gasteiger partial charge in [-0.2, -0.15) is 18.3 Å². The number of ether oxygens (including phenoxy) is 1. The van der Waals surface area contributed by atoms with Crippen LogP contribution in [-0.2, 0) is 25.3 Å². The Morgan fingerprint density at radius 1 is 0.978 bits per heavy atom. The summed E-state index contributed by atoms with van der Waals surface area (Å²) in [6.45, 7) is -1.48. The lowest BCUT2D eigenvalue weighted by molar-refractivity contribution is -0.154. The van der Waals surface area contributed by atoms with Crippen LogP contribution in [-0.4, -0.2) is 55.0 Å². The molecule has 14 heteroatoms. The molecule has 5 rings (SSSR count). The highest BCUT2D eigenvalue weighted by Gasteiger charge is 2.29.